The lowest BCUT2D eigenvalue weighted by Crippen LogP contribution is -2.16. The van der Waals surface area contributed by atoms with E-state index in [0.29, 0.717) is 33.8 Å². The first-order valence-electron chi connectivity index (χ1n) is 10.5. The molecule has 0 aliphatic heterocycles. The molecule has 0 aliphatic carbocycles. The third-order valence-electron chi connectivity index (χ3n) is 5.45. The van der Waals surface area contributed by atoms with Crippen molar-refractivity contribution in [1.29, 1.82) is 0 Å². The van der Waals surface area contributed by atoms with E-state index in [1.54, 1.807) is 48.5 Å². The average Bonchev–Trinajstić information content (AvgIpc) is 2.85. The Labute approximate surface area is 196 Å². The van der Waals surface area contributed by atoms with E-state index in [1.807, 2.05) is 19.9 Å². The molecule has 0 atom stereocenters. The van der Waals surface area contributed by atoms with Crippen molar-refractivity contribution >= 4 is 16.9 Å². The van der Waals surface area contributed by atoms with Gasteiger partial charge < -0.3 is 23.4 Å². The largest absolute Gasteiger partial charge is 0.497 e. The fourth-order valence-corrected chi connectivity index (χ4v) is 3.77. The third-order valence-corrected chi connectivity index (χ3v) is 5.45. The molecule has 0 unspecified atom stereocenters. The fourth-order valence-electron chi connectivity index (χ4n) is 3.77. The summed E-state index contributed by atoms with van der Waals surface area (Å²) in [6.07, 6.45) is 0. The molecule has 0 amide bonds. The number of hydrogen-bond donors (Lipinski definition) is 0. The molecule has 0 saturated heterocycles. The van der Waals surface area contributed by atoms with E-state index in [-0.39, 0.29) is 17.1 Å². The Morgan fingerprint density at radius 2 is 1.53 bits per heavy atom. The van der Waals surface area contributed by atoms with Gasteiger partial charge in [-0.05, 0) is 73.5 Å². The monoisotopic (exact) mass is 460 g/mol. The molecule has 0 spiro atoms. The SMILES string of the molecule is COc1ccc(C(=O)Oc2c(-c3ccc(OC)c(OC)c3)oc3c(C)cc(C)cc3c2=O)cc1. The van der Waals surface area contributed by atoms with Crippen molar-refractivity contribution in [3.05, 3.63) is 81.5 Å². The zero-order valence-corrected chi connectivity index (χ0v) is 19.6. The first kappa shape index (κ1) is 22.9. The highest BCUT2D eigenvalue weighted by atomic mass is 16.5. The van der Waals surface area contributed by atoms with Gasteiger partial charge in [-0.15, -0.1) is 0 Å². The van der Waals surface area contributed by atoms with Gasteiger partial charge in [0.1, 0.15) is 11.3 Å². The van der Waals surface area contributed by atoms with Crippen LogP contribution in [-0.2, 0) is 0 Å². The minimum atomic E-state index is -0.694. The van der Waals surface area contributed by atoms with Crippen molar-refractivity contribution in [3.63, 3.8) is 0 Å². The first-order valence-corrected chi connectivity index (χ1v) is 10.5. The number of benzene rings is 3. The van der Waals surface area contributed by atoms with E-state index in [0.717, 1.165) is 11.1 Å². The van der Waals surface area contributed by atoms with Crippen LogP contribution >= 0.6 is 0 Å². The van der Waals surface area contributed by atoms with Gasteiger partial charge in [0.2, 0.25) is 11.2 Å². The van der Waals surface area contributed by atoms with Crippen LogP contribution in [0, 0.1) is 13.8 Å². The van der Waals surface area contributed by atoms with Gasteiger partial charge in [0.15, 0.2) is 17.3 Å². The molecular formula is C27H24O7. The molecule has 0 N–H and O–H groups in total. The smallest absolute Gasteiger partial charge is 0.343 e. The minimum absolute atomic E-state index is 0.118. The second-order valence-corrected chi connectivity index (χ2v) is 7.74. The quantitative estimate of drug-likeness (QED) is 0.360. The van der Waals surface area contributed by atoms with Crippen molar-refractivity contribution in [2.24, 2.45) is 0 Å². The van der Waals surface area contributed by atoms with Crippen molar-refractivity contribution in [1.82, 2.24) is 0 Å². The minimum Gasteiger partial charge on any atom is -0.497 e. The van der Waals surface area contributed by atoms with Crippen LogP contribution in [0.15, 0.2) is 63.8 Å². The molecule has 1 heterocycles. The van der Waals surface area contributed by atoms with Gasteiger partial charge in [0, 0.05) is 5.56 Å². The van der Waals surface area contributed by atoms with E-state index in [9.17, 15) is 9.59 Å². The van der Waals surface area contributed by atoms with Gasteiger partial charge >= 0.3 is 5.97 Å². The van der Waals surface area contributed by atoms with Crippen LogP contribution in [0.3, 0.4) is 0 Å². The molecule has 0 fully saturated rings. The molecule has 0 aliphatic rings. The number of methoxy groups -OCH3 is 3. The van der Waals surface area contributed by atoms with Crippen molar-refractivity contribution < 1.29 is 28.2 Å². The van der Waals surface area contributed by atoms with Crippen molar-refractivity contribution in [3.8, 4) is 34.3 Å². The third kappa shape index (κ3) is 4.20. The van der Waals surface area contributed by atoms with Crippen molar-refractivity contribution in [2.45, 2.75) is 13.8 Å². The molecule has 7 heteroatoms. The van der Waals surface area contributed by atoms with Crippen molar-refractivity contribution in [2.75, 3.05) is 21.3 Å². The summed E-state index contributed by atoms with van der Waals surface area (Å²) in [7, 11) is 4.57. The van der Waals surface area contributed by atoms with Crippen LogP contribution in [0.1, 0.15) is 21.5 Å². The number of aryl methyl sites for hydroxylation is 2. The Morgan fingerprint density at radius 1 is 0.824 bits per heavy atom. The van der Waals surface area contributed by atoms with Gasteiger partial charge in [0.05, 0.1) is 32.3 Å². The summed E-state index contributed by atoms with van der Waals surface area (Å²) in [5.41, 5.74) is 2.42. The second-order valence-electron chi connectivity index (χ2n) is 7.74. The maximum Gasteiger partial charge on any atom is 0.343 e. The summed E-state index contributed by atoms with van der Waals surface area (Å²) in [6, 6.07) is 15.1. The summed E-state index contributed by atoms with van der Waals surface area (Å²) in [5.74, 6) is 0.769. The number of fused-ring (bicyclic) bond motifs is 1. The summed E-state index contributed by atoms with van der Waals surface area (Å²) >= 11 is 0. The van der Waals surface area contributed by atoms with E-state index < -0.39 is 11.4 Å². The highest BCUT2D eigenvalue weighted by Gasteiger charge is 2.23. The van der Waals surface area contributed by atoms with E-state index in [1.165, 1.54) is 21.3 Å². The normalized spacial score (nSPS) is 10.7. The number of esters is 1. The lowest BCUT2D eigenvalue weighted by Gasteiger charge is -2.14. The number of hydrogen-bond acceptors (Lipinski definition) is 7. The highest BCUT2D eigenvalue weighted by molar-refractivity contribution is 5.93. The van der Waals surface area contributed by atoms with Gasteiger partial charge in [-0.25, -0.2) is 4.79 Å². The Balaban J connectivity index is 1.92. The molecule has 34 heavy (non-hydrogen) atoms. The lowest BCUT2D eigenvalue weighted by molar-refractivity contribution is 0.0731. The Kier molecular flexibility index (Phi) is 6.27. The summed E-state index contributed by atoms with van der Waals surface area (Å²) in [6.45, 7) is 3.75. The van der Waals surface area contributed by atoms with Gasteiger partial charge in [-0.3, -0.25) is 4.79 Å². The lowest BCUT2D eigenvalue weighted by atomic mass is 10.0. The Bertz CT molecular complexity index is 1430. The standard InChI is InChI=1S/C27H24O7/c1-15-12-16(2)24-20(13-15)23(28)26(34-27(29)17-6-9-19(30-3)10-7-17)25(33-24)18-8-11-21(31-4)22(14-18)32-5/h6-14H,1-5H3. The number of ether oxygens (including phenoxy) is 4. The van der Waals surface area contributed by atoms with Gasteiger partial charge in [-0.1, -0.05) is 6.07 Å². The summed E-state index contributed by atoms with van der Waals surface area (Å²) in [5, 5.41) is 0.333. The fraction of sp³-hybridized carbons (Fsp3) is 0.185. The van der Waals surface area contributed by atoms with Crippen LogP contribution < -0.4 is 24.4 Å². The predicted octanol–water partition coefficient (Wildman–Crippen LogP) is 5.32. The molecule has 1 aromatic heterocycles. The maximum absolute atomic E-state index is 13.6. The van der Waals surface area contributed by atoms with E-state index >= 15 is 0 Å². The topological polar surface area (TPSA) is 84.2 Å². The summed E-state index contributed by atoms with van der Waals surface area (Å²) < 4.78 is 27.7. The maximum atomic E-state index is 13.6. The highest BCUT2D eigenvalue weighted by Crippen LogP contribution is 2.37. The number of carbonyl (C=O) groups is 1. The Morgan fingerprint density at radius 3 is 2.18 bits per heavy atom. The van der Waals surface area contributed by atoms with Crippen LogP contribution in [0.25, 0.3) is 22.3 Å². The first-order chi connectivity index (χ1) is 16.4. The van der Waals surface area contributed by atoms with E-state index in [2.05, 4.69) is 0 Å². The molecule has 0 bridgehead atoms. The molecule has 4 rings (SSSR count). The summed E-state index contributed by atoms with van der Waals surface area (Å²) in [4.78, 5) is 26.5. The second kappa shape index (κ2) is 9.31. The van der Waals surface area contributed by atoms with Gasteiger partial charge in [0.25, 0.3) is 0 Å². The molecule has 3 aromatic carbocycles. The van der Waals surface area contributed by atoms with Crippen LogP contribution in [0.5, 0.6) is 23.0 Å². The molecule has 4 aromatic rings. The van der Waals surface area contributed by atoms with E-state index in [4.69, 9.17) is 23.4 Å². The molecule has 0 saturated carbocycles. The van der Waals surface area contributed by atoms with Gasteiger partial charge in [-0.2, -0.15) is 0 Å². The van der Waals surface area contributed by atoms with Crippen LogP contribution in [0.2, 0.25) is 0 Å². The molecule has 174 valence electrons. The number of carbonyl (C=O) groups excluding carboxylic acids is 1. The number of rotatable bonds is 6. The molecule has 7 nitrogen and oxygen atoms in total. The van der Waals surface area contributed by atoms with Crippen LogP contribution in [-0.4, -0.2) is 27.3 Å². The average molecular weight is 460 g/mol. The molecule has 0 radical (unpaired) electrons. The van der Waals surface area contributed by atoms with Crippen LogP contribution in [0.4, 0.5) is 0 Å². The zero-order valence-electron chi connectivity index (χ0n) is 19.6. The molecular weight excluding hydrogens is 436 g/mol. The zero-order chi connectivity index (χ0) is 24.4. The predicted molar refractivity (Wildman–Crippen MR) is 128 cm³/mol. The Hall–Kier alpha value is -4.26.